The zero-order valence-corrected chi connectivity index (χ0v) is 5.26. The number of hydrogen-bond donors (Lipinski definition) is 4. The monoisotopic (exact) mass is 249 g/mol. The molecule has 0 aromatic rings. The van der Waals surface area contributed by atoms with Gasteiger partial charge in [-0.3, -0.25) is 4.70 Å². The van der Waals surface area contributed by atoms with Gasteiger partial charge in [0.05, 0.1) is 0 Å². The van der Waals surface area contributed by atoms with E-state index in [2.05, 4.69) is 0 Å². The Bertz CT molecular complexity index is 40.7. The summed E-state index contributed by atoms with van der Waals surface area (Å²) < 4.78 is 0. The molecule has 0 rings (SSSR count). The summed E-state index contributed by atoms with van der Waals surface area (Å²) in [6.45, 7) is 0. The summed E-state index contributed by atoms with van der Waals surface area (Å²) in [7, 11) is -4.61. The molecule has 0 aliphatic carbocycles. The zero-order chi connectivity index (χ0) is 4.50. The Morgan fingerprint density at radius 3 is 0.900 bits per heavy atom. The number of halogens is 1. The fourth-order valence-corrected chi connectivity index (χ4v) is 0. The van der Waals surface area contributed by atoms with Crippen molar-refractivity contribution < 1.29 is 41.0 Å². The Kier molecular flexibility index (Phi) is 68.6. The van der Waals surface area contributed by atoms with Crippen molar-refractivity contribution >= 4 is 96.7 Å². The van der Waals surface area contributed by atoms with Crippen LogP contribution in [0.5, 0.6) is 0 Å². The van der Waals surface area contributed by atoms with Crippen LogP contribution in [0.3, 0.4) is 0 Å². The minimum absolute atomic E-state index is 0. The predicted molar refractivity (Wildman–Crippen MR) is 41.4 cm³/mol. The molecule has 0 aromatic heterocycles. The van der Waals surface area contributed by atoms with Crippen LogP contribution in [-0.4, -0.2) is 116 Å². The van der Waals surface area contributed by atoms with Crippen LogP contribution in [-0.2, 0) is 17.1 Å². The molecular formula is H10AlFKLiMnO4Si. The molecule has 0 aromatic carbocycles. The molecule has 4 N–H and O–H groups in total. The van der Waals surface area contributed by atoms with E-state index >= 15 is 0 Å². The van der Waals surface area contributed by atoms with Crippen LogP contribution in [0.1, 0.15) is 0 Å². The largest absolute Gasteiger partial charge is 0 e. The molecule has 0 saturated heterocycles. The molecule has 1 radical (unpaired) electrons. The third-order valence-corrected chi connectivity index (χ3v) is 0. The molecule has 57 valence electrons. The summed E-state index contributed by atoms with van der Waals surface area (Å²) in [4.78, 5) is 29.3. The van der Waals surface area contributed by atoms with E-state index in [1.54, 1.807) is 0 Å². The topological polar surface area (TPSA) is 80.9 Å². The van der Waals surface area contributed by atoms with Crippen molar-refractivity contribution in [1.29, 1.82) is 0 Å². The SMILES string of the molecule is F.O[Si](O)(O)O.[AlH3].[KH].[LiH].[Mn]. The summed E-state index contributed by atoms with van der Waals surface area (Å²) in [5, 5.41) is 0. The van der Waals surface area contributed by atoms with Crippen LogP contribution in [0.25, 0.3) is 0 Å². The van der Waals surface area contributed by atoms with Crippen molar-refractivity contribution in [2.24, 2.45) is 0 Å². The molecule has 0 saturated carbocycles. The van der Waals surface area contributed by atoms with Crippen LogP contribution < -0.4 is 0 Å². The fraction of sp³-hybridized carbons (Fsp3) is 0. The molecule has 0 spiro atoms. The van der Waals surface area contributed by atoms with Crippen LogP contribution in [0.2, 0.25) is 0 Å². The Morgan fingerprint density at radius 1 is 0.900 bits per heavy atom. The third-order valence-electron chi connectivity index (χ3n) is 0. The van der Waals surface area contributed by atoms with Gasteiger partial charge in [0.25, 0.3) is 0 Å². The minimum Gasteiger partial charge on any atom is 0 e. The van der Waals surface area contributed by atoms with Crippen molar-refractivity contribution in [3.8, 4) is 0 Å². The van der Waals surface area contributed by atoms with Gasteiger partial charge in [0.1, 0.15) is 0 Å². The average Bonchev–Trinajstić information content (AvgIpc) is 0.722. The third kappa shape index (κ3) is 111. The average molecular weight is 249 g/mol. The van der Waals surface area contributed by atoms with E-state index in [4.69, 9.17) is 19.2 Å². The van der Waals surface area contributed by atoms with Gasteiger partial charge in [-0.2, -0.15) is 0 Å². The van der Waals surface area contributed by atoms with Gasteiger partial charge in [0.15, 0.2) is 17.4 Å². The predicted octanol–water partition coefficient (Wildman–Crippen LogP) is -4.94. The Labute approximate surface area is 135 Å². The summed E-state index contributed by atoms with van der Waals surface area (Å²) in [6, 6.07) is 0. The Morgan fingerprint density at radius 2 is 0.900 bits per heavy atom. The Balaban J connectivity index is -0.00000000800. The van der Waals surface area contributed by atoms with Gasteiger partial charge in [0.2, 0.25) is 0 Å². The Hall–Kier alpha value is 3.27. The maximum atomic E-state index is 7.33. The maximum absolute atomic E-state index is 7.33. The second-order valence-electron chi connectivity index (χ2n) is 0.600. The zero-order valence-electron chi connectivity index (χ0n) is 3.08. The molecule has 0 bridgehead atoms. The van der Waals surface area contributed by atoms with Crippen LogP contribution >= 0.6 is 0 Å². The first-order chi connectivity index (χ1) is 2.00. The van der Waals surface area contributed by atoms with E-state index in [9.17, 15) is 0 Å². The van der Waals surface area contributed by atoms with Crippen molar-refractivity contribution in [2.75, 3.05) is 0 Å². The molecule has 0 aliphatic heterocycles. The standard InChI is InChI=1S/Al.FH.K.Li.Mn.H4O4Si.5H/c;;;;;1-5(2,3)4;;;;;/h;1H;;;;1-4H;;;;;. The molecule has 0 fully saturated rings. The van der Waals surface area contributed by atoms with Crippen molar-refractivity contribution in [1.82, 2.24) is 0 Å². The van der Waals surface area contributed by atoms with Gasteiger partial charge in [-0.05, 0) is 0 Å². The number of hydrogen-bond acceptors (Lipinski definition) is 4. The van der Waals surface area contributed by atoms with Gasteiger partial charge in [-0.1, -0.05) is 0 Å². The first-order valence-corrected chi connectivity index (χ1v) is 2.68. The van der Waals surface area contributed by atoms with Gasteiger partial charge < -0.3 is 19.2 Å². The van der Waals surface area contributed by atoms with Crippen LogP contribution in [0.15, 0.2) is 0 Å². The fourth-order valence-electron chi connectivity index (χ4n) is 0. The van der Waals surface area contributed by atoms with E-state index in [-0.39, 0.29) is 109 Å². The summed E-state index contributed by atoms with van der Waals surface area (Å²) >= 11 is 0. The van der Waals surface area contributed by atoms with Gasteiger partial charge >= 0.3 is 79.3 Å². The normalized spacial score (nSPS) is 6.00. The molecule has 10 heteroatoms. The second-order valence-corrected chi connectivity index (χ2v) is 1.80. The van der Waals surface area contributed by atoms with Crippen LogP contribution in [0.4, 0.5) is 4.70 Å². The molecule has 0 atom stereocenters. The molecule has 4 nitrogen and oxygen atoms in total. The van der Waals surface area contributed by atoms with Crippen molar-refractivity contribution in [3.63, 3.8) is 0 Å². The maximum Gasteiger partial charge on any atom is 0 e. The van der Waals surface area contributed by atoms with Gasteiger partial charge in [-0.25, -0.2) is 0 Å². The van der Waals surface area contributed by atoms with E-state index in [1.807, 2.05) is 0 Å². The summed E-state index contributed by atoms with van der Waals surface area (Å²) in [6.07, 6.45) is 0. The molecule has 0 unspecified atom stereocenters. The second kappa shape index (κ2) is 18.1. The molecular weight excluding hydrogens is 239 g/mol. The molecule has 10 heavy (non-hydrogen) atoms. The molecule has 0 heterocycles. The van der Waals surface area contributed by atoms with Gasteiger partial charge in [-0.15, -0.1) is 0 Å². The number of rotatable bonds is 0. The smallest absolute Gasteiger partial charge is 0 e. The van der Waals surface area contributed by atoms with E-state index in [1.165, 1.54) is 0 Å². The van der Waals surface area contributed by atoms with Crippen molar-refractivity contribution in [3.05, 3.63) is 0 Å². The van der Waals surface area contributed by atoms with E-state index < -0.39 is 9.05 Å². The molecule has 0 aliphatic rings. The molecule has 0 amide bonds. The quantitative estimate of drug-likeness (QED) is 0.324. The minimum atomic E-state index is -4.61. The summed E-state index contributed by atoms with van der Waals surface area (Å²) in [5.41, 5.74) is 0. The summed E-state index contributed by atoms with van der Waals surface area (Å²) in [5.74, 6) is 0. The van der Waals surface area contributed by atoms with Gasteiger partial charge in [0, 0.05) is 17.1 Å². The first-order valence-electron chi connectivity index (χ1n) is 0.894. The van der Waals surface area contributed by atoms with Crippen molar-refractivity contribution in [2.45, 2.75) is 0 Å². The van der Waals surface area contributed by atoms with E-state index in [0.29, 0.717) is 0 Å². The first kappa shape index (κ1) is 37.8. The van der Waals surface area contributed by atoms with Crippen LogP contribution in [0, 0.1) is 0 Å². The van der Waals surface area contributed by atoms with E-state index in [0.717, 1.165) is 0 Å².